The molecule has 0 spiro atoms. The van der Waals surface area contributed by atoms with Gasteiger partial charge >= 0.3 is 0 Å². The van der Waals surface area contributed by atoms with Gasteiger partial charge in [0.25, 0.3) is 0 Å². The highest BCUT2D eigenvalue weighted by Gasteiger charge is 2.21. The molecule has 0 bridgehead atoms. The Morgan fingerprint density at radius 1 is 1.36 bits per heavy atom. The van der Waals surface area contributed by atoms with Gasteiger partial charge in [-0.2, -0.15) is 5.10 Å². The summed E-state index contributed by atoms with van der Waals surface area (Å²) >= 11 is 0. The Labute approximate surface area is 85.8 Å². The van der Waals surface area contributed by atoms with Crippen LogP contribution < -0.4 is 0 Å². The molecule has 0 aliphatic heterocycles. The van der Waals surface area contributed by atoms with Crippen LogP contribution >= 0.6 is 0 Å². The molecule has 0 unspecified atom stereocenters. The number of hydrogen-bond donors (Lipinski definition) is 1. The van der Waals surface area contributed by atoms with Crippen molar-refractivity contribution in [3.63, 3.8) is 0 Å². The average Bonchev–Trinajstić information content (AvgIpc) is 2.32. The van der Waals surface area contributed by atoms with Gasteiger partial charge in [0, 0.05) is 19.3 Å². The van der Waals surface area contributed by atoms with Gasteiger partial charge in [-0.05, 0) is 31.2 Å². The van der Waals surface area contributed by atoms with E-state index in [0.717, 1.165) is 12.1 Å². The van der Waals surface area contributed by atoms with E-state index in [1.807, 2.05) is 18.7 Å². The molecule has 0 amide bonds. The SMILES string of the molecule is Cc1nn(C)c(C)c1CC(C)(C)CO. The van der Waals surface area contributed by atoms with Crippen molar-refractivity contribution in [2.24, 2.45) is 12.5 Å². The molecule has 1 aromatic rings. The molecule has 1 N–H and O–H groups in total. The van der Waals surface area contributed by atoms with Gasteiger partial charge in [-0.1, -0.05) is 13.8 Å². The maximum atomic E-state index is 9.22. The first-order valence-corrected chi connectivity index (χ1v) is 4.97. The van der Waals surface area contributed by atoms with Crippen molar-refractivity contribution in [2.45, 2.75) is 34.1 Å². The smallest absolute Gasteiger partial charge is 0.0628 e. The van der Waals surface area contributed by atoms with Crippen LogP contribution in [0.25, 0.3) is 0 Å². The number of hydrogen-bond acceptors (Lipinski definition) is 2. The molecule has 1 rings (SSSR count). The number of aliphatic hydroxyl groups excluding tert-OH is 1. The zero-order valence-electron chi connectivity index (χ0n) is 9.76. The van der Waals surface area contributed by atoms with Gasteiger partial charge in [0.05, 0.1) is 5.69 Å². The fourth-order valence-corrected chi connectivity index (χ4v) is 1.61. The molecule has 0 radical (unpaired) electrons. The Kier molecular flexibility index (Phi) is 3.00. The molecule has 0 saturated carbocycles. The fraction of sp³-hybridized carbons (Fsp3) is 0.727. The molecule has 0 saturated heterocycles. The first kappa shape index (κ1) is 11.2. The summed E-state index contributed by atoms with van der Waals surface area (Å²) in [5, 5.41) is 13.6. The number of aryl methyl sites for hydroxylation is 2. The molecule has 3 nitrogen and oxygen atoms in total. The van der Waals surface area contributed by atoms with Crippen LogP contribution in [0, 0.1) is 19.3 Å². The lowest BCUT2D eigenvalue weighted by molar-refractivity contribution is 0.159. The maximum Gasteiger partial charge on any atom is 0.0628 e. The standard InChI is InChI=1S/C11H20N2O/c1-8-10(6-11(3,4)7-14)9(2)13(5)12-8/h14H,6-7H2,1-5H3. The Bertz CT molecular complexity index is 326. The van der Waals surface area contributed by atoms with Gasteiger partial charge in [-0.3, -0.25) is 4.68 Å². The summed E-state index contributed by atoms with van der Waals surface area (Å²) < 4.78 is 1.90. The molecule has 1 aromatic heterocycles. The molecule has 80 valence electrons. The van der Waals surface area contributed by atoms with E-state index in [9.17, 15) is 5.11 Å². The summed E-state index contributed by atoms with van der Waals surface area (Å²) in [4.78, 5) is 0. The lowest BCUT2D eigenvalue weighted by Gasteiger charge is -2.21. The Morgan fingerprint density at radius 2 is 1.93 bits per heavy atom. The third-order valence-corrected chi connectivity index (χ3v) is 2.74. The van der Waals surface area contributed by atoms with E-state index in [-0.39, 0.29) is 12.0 Å². The van der Waals surface area contributed by atoms with Crippen molar-refractivity contribution in [1.29, 1.82) is 0 Å². The predicted octanol–water partition coefficient (Wildman–Crippen LogP) is 1.60. The van der Waals surface area contributed by atoms with Crippen LogP contribution in [0.15, 0.2) is 0 Å². The van der Waals surface area contributed by atoms with E-state index in [2.05, 4.69) is 25.9 Å². The van der Waals surface area contributed by atoms with Crippen LogP contribution in [0.5, 0.6) is 0 Å². The van der Waals surface area contributed by atoms with Crippen LogP contribution in [0.4, 0.5) is 0 Å². The van der Waals surface area contributed by atoms with E-state index >= 15 is 0 Å². The minimum Gasteiger partial charge on any atom is -0.396 e. The predicted molar refractivity (Wildman–Crippen MR) is 57.3 cm³/mol. The summed E-state index contributed by atoms with van der Waals surface area (Å²) in [6.45, 7) is 8.44. The summed E-state index contributed by atoms with van der Waals surface area (Å²) in [5.41, 5.74) is 3.49. The van der Waals surface area contributed by atoms with Gasteiger partial charge in [-0.15, -0.1) is 0 Å². The lowest BCUT2D eigenvalue weighted by Crippen LogP contribution is -2.20. The Hall–Kier alpha value is -0.830. The van der Waals surface area contributed by atoms with Gasteiger partial charge in [0.1, 0.15) is 0 Å². The van der Waals surface area contributed by atoms with Crippen molar-refractivity contribution in [3.05, 3.63) is 17.0 Å². The summed E-state index contributed by atoms with van der Waals surface area (Å²) in [5.74, 6) is 0. The number of aromatic nitrogens is 2. The first-order chi connectivity index (χ1) is 6.37. The first-order valence-electron chi connectivity index (χ1n) is 4.97. The van der Waals surface area contributed by atoms with Crippen molar-refractivity contribution >= 4 is 0 Å². The highest BCUT2D eigenvalue weighted by Crippen LogP contribution is 2.24. The highest BCUT2D eigenvalue weighted by atomic mass is 16.3. The second kappa shape index (κ2) is 3.73. The Morgan fingerprint density at radius 3 is 2.29 bits per heavy atom. The second-order valence-electron chi connectivity index (χ2n) is 4.77. The van der Waals surface area contributed by atoms with E-state index in [0.29, 0.717) is 0 Å². The van der Waals surface area contributed by atoms with E-state index in [1.165, 1.54) is 11.3 Å². The van der Waals surface area contributed by atoms with Crippen molar-refractivity contribution in [1.82, 2.24) is 9.78 Å². The molecule has 1 heterocycles. The van der Waals surface area contributed by atoms with Crippen molar-refractivity contribution in [2.75, 3.05) is 6.61 Å². The average molecular weight is 196 g/mol. The minimum absolute atomic E-state index is 0.0570. The summed E-state index contributed by atoms with van der Waals surface area (Å²) in [6, 6.07) is 0. The molecule has 0 aromatic carbocycles. The number of rotatable bonds is 3. The highest BCUT2D eigenvalue weighted by molar-refractivity contribution is 5.25. The van der Waals surface area contributed by atoms with Gasteiger partial charge in [0.2, 0.25) is 0 Å². The van der Waals surface area contributed by atoms with Crippen LogP contribution in [0.1, 0.15) is 30.8 Å². The zero-order valence-corrected chi connectivity index (χ0v) is 9.76. The van der Waals surface area contributed by atoms with Crippen LogP contribution in [0.3, 0.4) is 0 Å². The third-order valence-electron chi connectivity index (χ3n) is 2.74. The van der Waals surface area contributed by atoms with Crippen molar-refractivity contribution in [3.8, 4) is 0 Å². The Balaban J connectivity index is 2.97. The number of nitrogens with zero attached hydrogens (tertiary/aromatic N) is 2. The number of aliphatic hydroxyl groups is 1. The normalized spacial score (nSPS) is 12.1. The minimum atomic E-state index is -0.0570. The maximum absolute atomic E-state index is 9.22. The van der Waals surface area contributed by atoms with Gasteiger partial charge in [-0.25, -0.2) is 0 Å². The molecule has 14 heavy (non-hydrogen) atoms. The molecule has 0 aliphatic rings. The molecule has 0 atom stereocenters. The third kappa shape index (κ3) is 2.15. The molecular weight excluding hydrogens is 176 g/mol. The van der Waals surface area contributed by atoms with Gasteiger partial charge < -0.3 is 5.11 Å². The van der Waals surface area contributed by atoms with E-state index in [4.69, 9.17) is 0 Å². The quantitative estimate of drug-likeness (QED) is 0.797. The van der Waals surface area contributed by atoms with Crippen molar-refractivity contribution < 1.29 is 5.11 Å². The van der Waals surface area contributed by atoms with Crippen LogP contribution in [-0.2, 0) is 13.5 Å². The van der Waals surface area contributed by atoms with Gasteiger partial charge in [0.15, 0.2) is 0 Å². The molecule has 3 heteroatoms. The van der Waals surface area contributed by atoms with E-state index < -0.39 is 0 Å². The summed E-state index contributed by atoms with van der Waals surface area (Å²) in [6.07, 6.45) is 0.884. The topological polar surface area (TPSA) is 38.0 Å². The second-order valence-corrected chi connectivity index (χ2v) is 4.77. The zero-order chi connectivity index (χ0) is 10.9. The van der Waals surface area contributed by atoms with Crippen LogP contribution in [-0.4, -0.2) is 21.5 Å². The monoisotopic (exact) mass is 196 g/mol. The molecule has 0 fully saturated rings. The fourth-order valence-electron chi connectivity index (χ4n) is 1.61. The van der Waals surface area contributed by atoms with Crippen LogP contribution in [0.2, 0.25) is 0 Å². The van der Waals surface area contributed by atoms with E-state index in [1.54, 1.807) is 0 Å². The summed E-state index contributed by atoms with van der Waals surface area (Å²) in [7, 11) is 1.96. The molecular formula is C11H20N2O. The largest absolute Gasteiger partial charge is 0.396 e. The lowest BCUT2D eigenvalue weighted by atomic mass is 9.86. The molecule has 0 aliphatic carbocycles.